The maximum atomic E-state index is 12.9. The van der Waals surface area contributed by atoms with Gasteiger partial charge in [0.25, 0.3) is 5.91 Å². The lowest BCUT2D eigenvalue weighted by atomic mass is 10.1. The van der Waals surface area contributed by atoms with Crippen molar-refractivity contribution in [2.24, 2.45) is 0 Å². The molecule has 1 N–H and O–H groups in total. The van der Waals surface area contributed by atoms with Crippen LogP contribution in [0.25, 0.3) is 0 Å². The summed E-state index contributed by atoms with van der Waals surface area (Å²) in [5, 5.41) is 10.3. The number of benzene rings is 1. The van der Waals surface area contributed by atoms with Gasteiger partial charge in [-0.1, -0.05) is 18.2 Å². The fourth-order valence-corrected chi connectivity index (χ4v) is 3.58. The quantitative estimate of drug-likeness (QED) is 0.806. The van der Waals surface area contributed by atoms with Crippen LogP contribution < -0.4 is 9.64 Å². The zero-order valence-electron chi connectivity index (χ0n) is 14.8. The van der Waals surface area contributed by atoms with Gasteiger partial charge in [-0.25, -0.2) is 0 Å². The van der Waals surface area contributed by atoms with Crippen molar-refractivity contribution >= 4 is 11.6 Å². The lowest BCUT2D eigenvalue weighted by Gasteiger charge is -2.39. The Morgan fingerprint density at radius 2 is 2.08 bits per heavy atom. The van der Waals surface area contributed by atoms with Crippen molar-refractivity contribution in [2.45, 2.75) is 44.3 Å². The topological polar surface area (TPSA) is 53.0 Å². The Balaban J connectivity index is 1.73. The Morgan fingerprint density at radius 3 is 2.84 bits per heavy atom. The Bertz CT molecular complexity index is 598. The Labute approximate surface area is 149 Å². The second-order valence-corrected chi connectivity index (χ2v) is 6.88. The Morgan fingerprint density at radius 1 is 1.32 bits per heavy atom. The van der Waals surface area contributed by atoms with Crippen molar-refractivity contribution in [2.75, 3.05) is 31.1 Å². The monoisotopic (exact) mass is 344 g/mol. The Hall–Kier alpha value is -2.01. The van der Waals surface area contributed by atoms with Crippen LogP contribution in [-0.2, 0) is 4.79 Å². The number of hydrogen-bond acceptors (Lipinski definition) is 4. The Kier molecular flexibility index (Phi) is 5.97. The van der Waals surface area contributed by atoms with E-state index in [0.717, 1.165) is 43.8 Å². The molecule has 2 unspecified atom stereocenters. The minimum atomic E-state index is -0.500. The van der Waals surface area contributed by atoms with E-state index in [1.807, 2.05) is 35.2 Å². The van der Waals surface area contributed by atoms with Crippen LogP contribution >= 0.6 is 0 Å². The highest BCUT2D eigenvalue weighted by Gasteiger charge is 2.34. The number of carbonyl (C=O) groups excluding carboxylic acids is 1. The average molecular weight is 344 g/mol. The molecule has 0 radical (unpaired) electrons. The first-order valence-electron chi connectivity index (χ1n) is 9.27. The number of piperidine rings is 1. The maximum absolute atomic E-state index is 12.9. The third-order valence-corrected chi connectivity index (χ3v) is 4.94. The molecule has 2 atom stereocenters. The van der Waals surface area contributed by atoms with E-state index in [0.29, 0.717) is 19.5 Å². The third-order valence-electron chi connectivity index (χ3n) is 4.94. The molecule has 1 aromatic carbocycles. The summed E-state index contributed by atoms with van der Waals surface area (Å²) in [5.74, 6) is 0.791. The molecular weight excluding hydrogens is 316 g/mol. The normalized spacial score (nSPS) is 21.2. The van der Waals surface area contributed by atoms with Crippen molar-refractivity contribution in [1.29, 1.82) is 0 Å². The molecular formula is C20H28N2O3. The first-order chi connectivity index (χ1) is 12.2. The van der Waals surface area contributed by atoms with Crippen LogP contribution in [0.5, 0.6) is 5.75 Å². The number of ether oxygens (including phenoxy) is 1. The number of likely N-dealkylation sites (tertiary alicyclic amines) is 1. The summed E-state index contributed by atoms with van der Waals surface area (Å²) in [6.45, 7) is 6.33. The summed E-state index contributed by atoms with van der Waals surface area (Å²) in [7, 11) is 0. The number of rotatable bonds is 6. The number of amides is 1. The fourth-order valence-electron chi connectivity index (χ4n) is 3.58. The largest absolute Gasteiger partial charge is 0.477 e. The number of aliphatic hydroxyl groups is 1. The van der Waals surface area contributed by atoms with E-state index in [4.69, 9.17) is 4.74 Å². The minimum absolute atomic E-state index is 0.0692. The van der Waals surface area contributed by atoms with E-state index in [1.54, 1.807) is 0 Å². The molecule has 3 rings (SSSR count). The van der Waals surface area contributed by atoms with Gasteiger partial charge in [0.05, 0.1) is 18.3 Å². The standard InChI is InChI=1S/C20H28N2O3/c1-2-3-9-16(23)14-22-15-19(20(24)21-12-7-4-8-13-21)25-18-11-6-5-10-17(18)22/h2,5-6,10-11,16,19,23H,1,3-4,7-9,12-15H2. The number of hydrogen-bond donors (Lipinski definition) is 1. The van der Waals surface area contributed by atoms with Gasteiger partial charge in [0.2, 0.25) is 0 Å². The number of β-amino-alcohol motifs (C(OH)–C–C–N with tert-alkyl or cyclic N) is 1. The van der Waals surface area contributed by atoms with E-state index in [2.05, 4.69) is 11.5 Å². The molecule has 0 aromatic heterocycles. The molecule has 1 amide bonds. The summed E-state index contributed by atoms with van der Waals surface area (Å²) in [6.07, 6.45) is 5.66. The molecule has 0 spiro atoms. The molecule has 2 aliphatic rings. The van der Waals surface area contributed by atoms with Crippen molar-refractivity contribution < 1.29 is 14.6 Å². The number of nitrogens with zero attached hydrogens (tertiary/aromatic N) is 2. The first kappa shape index (κ1) is 17.8. The third kappa shape index (κ3) is 4.34. The smallest absolute Gasteiger partial charge is 0.265 e. The van der Waals surface area contributed by atoms with Crippen LogP contribution in [0.15, 0.2) is 36.9 Å². The van der Waals surface area contributed by atoms with Gasteiger partial charge in [-0.05, 0) is 44.2 Å². The van der Waals surface area contributed by atoms with Gasteiger partial charge < -0.3 is 19.6 Å². The average Bonchev–Trinajstić information content (AvgIpc) is 2.66. The lowest BCUT2D eigenvalue weighted by Crippen LogP contribution is -2.52. The molecule has 0 aliphatic carbocycles. The van der Waals surface area contributed by atoms with E-state index in [-0.39, 0.29) is 5.91 Å². The summed E-state index contributed by atoms with van der Waals surface area (Å²) in [5.41, 5.74) is 0.947. The highest BCUT2D eigenvalue weighted by atomic mass is 16.5. The predicted octanol–water partition coefficient (Wildman–Crippen LogP) is 2.59. The van der Waals surface area contributed by atoms with Gasteiger partial charge in [-0.2, -0.15) is 0 Å². The van der Waals surface area contributed by atoms with E-state index >= 15 is 0 Å². The van der Waals surface area contributed by atoms with Gasteiger partial charge in [-0.15, -0.1) is 6.58 Å². The van der Waals surface area contributed by atoms with Crippen molar-refractivity contribution in [3.63, 3.8) is 0 Å². The summed E-state index contributed by atoms with van der Waals surface area (Å²) in [4.78, 5) is 16.9. The van der Waals surface area contributed by atoms with Crippen molar-refractivity contribution in [3.05, 3.63) is 36.9 Å². The summed E-state index contributed by atoms with van der Waals surface area (Å²) >= 11 is 0. The van der Waals surface area contributed by atoms with Gasteiger partial charge in [-0.3, -0.25) is 4.79 Å². The minimum Gasteiger partial charge on any atom is -0.477 e. The molecule has 5 nitrogen and oxygen atoms in total. The SMILES string of the molecule is C=CCCC(O)CN1CC(C(=O)N2CCCCC2)Oc2ccccc21. The molecule has 5 heteroatoms. The van der Waals surface area contributed by atoms with Gasteiger partial charge in [0.1, 0.15) is 5.75 Å². The number of anilines is 1. The van der Waals surface area contributed by atoms with E-state index in [9.17, 15) is 9.90 Å². The molecule has 1 fully saturated rings. The van der Waals surface area contributed by atoms with Gasteiger partial charge in [0, 0.05) is 19.6 Å². The van der Waals surface area contributed by atoms with E-state index < -0.39 is 12.2 Å². The second-order valence-electron chi connectivity index (χ2n) is 6.88. The number of allylic oxidation sites excluding steroid dienone is 1. The van der Waals surface area contributed by atoms with Crippen LogP contribution in [0.2, 0.25) is 0 Å². The van der Waals surface area contributed by atoms with Crippen LogP contribution in [-0.4, -0.2) is 54.3 Å². The number of aliphatic hydroxyl groups excluding tert-OH is 1. The number of carbonyl (C=O) groups is 1. The highest BCUT2D eigenvalue weighted by Crippen LogP contribution is 2.34. The molecule has 1 saturated heterocycles. The molecule has 0 bridgehead atoms. The fraction of sp³-hybridized carbons (Fsp3) is 0.550. The molecule has 1 aromatic rings. The highest BCUT2D eigenvalue weighted by molar-refractivity contribution is 5.83. The van der Waals surface area contributed by atoms with Crippen molar-refractivity contribution in [3.8, 4) is 5.75 Å². The predicted molar refractivity (Wildman–Crippen MR) is 98.9 cm³/mol. The molecule has 2 aliphatic heterocycles. The number of para-hydroxylation sites is 2. The second kappa shape index (κ2) is 8.39. The molecule has 136 valence electrons. The first-order valence-corrected chi connectivity index (χ1v) is 9.27. The summed E-state index contributed by atoms with van der Waals surface area (Å²) in [6, 6.07) is 7.75. The van der Waals surface area contributed by atoms with Crippen LogP contribution in [0.3, 0.4) is 0 Å². The number of fused-ring (bicyclic) bond motifs is 1. The van der Waals surface area contributed by atoms with Crippen molar-refractivity contribution in [1.82, 2.24) is 4.90 Å². The lowest BCUT2D eigenvalue weighted by molar-refractivity contribution is -0.139. The maximum Gasteiger partial charge on any atom is 0.265 e. The van der Waals surface area contributed by atoms with Gasteiger partial charge in [0.15, 0.2) is 6.10 Å². The van der Waals surface area contributed by atoms with E-state index in [1.165, 1.54) is 6.42 Å². The molecule has 25 heavy (non-hydrogen) atoms. The zero-order chi connectivity index (χ0) is 17.6. The molecule has 2 heterocycles. The zero-order valence-corrected chi connectivity index (χ0v) is 14.8. The van der Waals surface area contributed by atoms with Gasteiger partial charge >= 0.3 is 0 Å². The molecule has 0 saturated carbocycles. The van der Waals surface area contributed by atoms with Crippen LogP contribution in [0.4, 0.5) is 5.69 Å². The van der Waals surface area contributed by atoms with Crippen LogP contribution in [0, 0.1) is 0 Å². The summed E-state index contributed by atoms with van der Waals surface area (Å²) < 4.78 is 6.01. The van der Waals surface area contributed by atoms with Crippen LogP contribution in [0.1, 0.15) is 32.1 Å².